The maximum Gasteiger partial charge on any atom is 0.360 e. The Morgan fingerprint density at radius 2 is 1.82 bits per heavy atom. The zero-order valence-corrected chi connectivity index (χ0v) is 15.4. The smallest absolute Gasteiger partial charge is 0.360 e. The van der Waals surface area contributed by atoms with Gasteiger partial charge in [-0.3, -0.25) is 0 Å². The third-order valence-electron chi connectivity index (χ3n) is 4.08. The molecule has 1 aromatic heterocycles. The lowest BCUT2D eigenvalue weighted by Gasteiger charge is -2.10. The summed E-state index contributed by atoms with van der Waals surface area (Å²) in [6, 6.07) is 13.6. The molecule has 0 atom stereocenters. The molecule has 3 aromatic rings. The Kier molecular flexibility index (Phi) is 6.06. The first-order chi connectivity index (χ1) is 13.6. The van der Waals surface area contributed by atoms with Crippen LogP contribution in [0.1, 0.15) is 30.3 Å². The molecule has 0 saturated heterocycles. The van der Waals surface area contributed by atoms with Gasteiger partial charge in [-0.15, -0.1) is 0 Å². The summed E-state index contributed by atoms with van der Waals surface area (Å²) >= 11 is 0. The van der Waals surface area contributed by atoms with Gasteiger partial charge in [0.15, 0.2) is 11.4 Å². The number of aromatic hydroxyl groups is 1. The molecule has 7 heteroatoms. The van der Waals surface area contributed by atoms with Crippen LogP contribution in [-0.4, -0.2) is 28.7 Å². The second-order valence-corrected chi connectivity index (χ2v) is 6.19. The first-order valence-electron chi connectivity index (χ1n) is 9.00. The first kappa shape index (κ1) is 19.2. The van der Waals surface area contributed by atoms with Crippen LogP contribution >= 0.6 is 0 Å². The number of fused-ring (bicyclic) bond motifs is 1. The number of hydrogen-bond acceptors (Lipinski definition) is 5. The minimum Gasteiger partial charge on any atom is -0.505 e. The summed E-state index contributed by atoms with van der Waals surface area (Å²) in [6.07, 6.45) is 3.12. The van der Waals surface area contributed by atoms with E-state index in [0.717, 1.165) is 12.8 Å². The van der Waals surface area contributed by atoms with Gasteiger partial charge < -0.3 is 20.5 Å². The lowest BCUT2D eigenvalue weighted by atomic mass is 10.1. The van der Waals surface area contributed by atoms with Gasteiger partial charge in [-0.25, -0.2) is 14.6 Å². The standard InChI is InChI=1S/C21H21N3O4/c1-2-3-11-28-20(26)18-19(25)17-10-9-16(12-14(17)13-22-18)24-21(27)23-15-7-5-4-6-8-15/h4-10,12-13,25H,2-3,11H2,1H3,(H2,23,24,27). The number of nitrogens with one attached hydrogen (secondary N) is 2. The Bertz CT molecular complexity index is 990. The summed E-state index contributed by atoms with van der Waals surface area (Å²) in [4.78, 5) is 28.2. The number of esters is 1. The molecule has 3 N–H and O–H groups in total. The molecule has 3 rings (SSSR count). The molecule has 0 fully saturated rings. The maximum atomic E-state index is 12.1. The van der Waals surface area contributed by atoms with Crippen LogP contribution in [-0.2, 0) is 4.74 Å². The van der Waals surface area contributed by atoms with Crippen LogP contribution in [0.25, 0.3) is 10.8 Å². The number of aromatic nitrogens is 1. The lowest BCUT2D eigenvalue weighted by molar-refractivity contribution is 0.0489. The number of para-hydroxylation sites is 1. The van der Waals surface area contributed by atoms with Crippen LogP contribution in [0.5, 0.6) is 5.75 Å². The highest BCUT2D eigenvalue weighted by molar-refractivity contribution is 6.03. The number of hydrogen-bond donors (Lipinski definition) is 3. The third kappa shape index (κ3) is 4.56. The summed E-state index contributed by atoms with van der Waals surface area (Å²) in [5, 5.41) is 16.9. The number of rotatable bonds is 6. The van der Waals surface area contributed by atoms with Crippen LogP contribution < -0.4 is 10.6 Å². The number of benzene rings is 2. The number of carbonyl (C=O) groups excluding carboxylic acids is 2. The molecule has 0 aliphatic heterocycles. The predicted molar refractivity (Wildman–Crippen MR) is 108 cm³/mol. The SMILES string of the molecule is CCCCOC(=O)c1ncc2cc(NC(=O)Nc3ccccc3)ccc2c1O. The molecule has 0 bridgehead atoms. The van der Waals surface area contributed by atoms with E-state index in [4.69, 9.17) is 4.74 Å². The minimum atomic E-state index is -0.655. The van der Waals surface area contributed by atoms with Crippen LogP contribution in [0, 0.1) is 0 Å². The van der Waals surface area contributed by atoms with Crippen molar-refractivity contribution in [2.24, 2.45) is 0 Å². The van der Waals surface area contributed by atoms with E-state index >= 15 is 0 Å². The van der Waals surface area contributed by atoms with Gasteiger partial charge in [0.25, 0.3) is 0 Å². The highest BCUT2D eigenvalue weighted by atomic mass is 16.5. The summed E-state index contributed by atoms with van der Waals surface area (Å²) in [6.45, 7) is 2.28. The average molecular weight is 379 g/mol. The van der Waals surface area contributed by atoms with Crippen molar-refractivity contribution < 1.29 is 19.4 Å². The van der Waals surface area contributed by atoms with Gasteiger partial charge in [-0.1, -0.05) is 31.5 Å². The second-order valence-electron chi connectivity index (χ2n) is 6.19. The molecule has 144 valence electrons. The van der Waals surface area contributed by atoms with E-state index in [-0.39, 0.29) is 24.1 Å². The average Bonchev–Trinajstić information content (AvgIpc) is 2.69. The van der Waals surface area contributed by atoms with Gasteiger partial charge in [0.1, 0.15) is 0 Å². The number of anilines is 2. The van der Waals surface area contributed by atoms with Gasteiger partial charge >= 0.3 is 12.0 Å². The van der Waals surface area contributed by atoms with E-state index in [0.29, 0.717) is 22.1 Å². The molecule has 0 radical (unpaired) electrons. The fraction of sp³-hybridized carbons (Fsp3) is 0.190. The number of nitrogens with zero attached hydrogens (tertiary/aromatic N) is 1. The minimum absolute atomic E-state index is 0.119. The van der Waals surface area contributed by atoms with Crippen molar-refractivity contribution >= 4 is 34.1 Å². The number of unbranched alkanes of at least 4 members (excludes halogenated alkanes) is 1. The van der Waals surface area contributed by atoms with Crippen molar-refractivity contribution in [2.45, 2.75) is 19.8 Å². The fourth-order valence-electron chi connectivity index (χ4n) is 2.63. The normalized spacial score (nSPS) is 10.5. The number of ether oxygens (including phenoxy) is 1. The van der Waals surface area contributed by atoms with E-state index in [2.05, 4.69) is 15.6 Å². The molecule has 0 aliphatic carbocycles. The van der Waals surface area contributed by atoms with Crippen molar-refractivity contribution in [1.82, 2.24) is 4.98 Å². The lowest BCUT2D eigenvalue weighted by Crippen LogP contribution is -2.19. The van der Waals surface area contributed by atoms with Gasteiger partial charge in [-0.05, 0) is 36.8 Å². The molecule has 2 aromatic carbocycles. The fourth-order valence-corrected chi connectivity index (χ4v) is 2.63. The van der Waals surface area contributed by atoms with Crippen molar-refractivity contribution in [3.05, 3.63) is 60.4 Å². The molecule has 7 nitrogen and oxygen atoms in total. The maximum absolute atomic E-state index is 12.1. The third-order valence-corrected chi connectivity index (χ3v) is 4.08. The van der Waals surface area contributed by atoms with Crippen LogP contribution in [0.2, 0.25) is 0 Å². The Hall–Kier alpha value is -3.61. The summed E-state index contributed by atoms with van der Waals surface area (Å²) < 4.78 is 5.10. The van der Waals surface area contributed by atoms with E-state index in [1.807, 2.05) is 25.1 Å². The monoisotopic (exact) mass is 379 g/mol. The Labute approximate surface area is 162 Å². The highest BCUT2D eigenvalue weighted by Gasteiger charge is 2.17. The zero-order chi connectivity index (χ0) is 19.9. The molecule has 1 heterocycles. The molecule has 28 heavy (non-hydrogen) atoms. The number of amides is 2. The van der Waals surface area contributed by atoms with Crippen LogP contribution in [0.15, 0.2) is 54.7 Å². The molecule has 0 aliphatic rings. The quantitative estimate of drug-likeness (QED) is 0.431. The summed E-state index contributed by atoms with van der Waals surface area (Å²) in [5.74, 6) is -0.892. The van der Waals surface area contributed by atoms with E-state index in [1.54, 1.807) is 30.3 Å². The number of carbonyl (C=O) groups is 2. The first-order valence-corrected chi connectivity index (χ1v) is 9.00. The molecule has 2 amide bonds. The number of pyridine rings is 1. The van der Waals surface area contributed by atoms with Crippen LogP contribution in [0.3, 0.4) is 0 Å². The molecular weight excluding hydrogens is 358 g/mol. The highest BCUT2D eigenvalue weighted by Crippen LogP contribution is 2.29. The van der Waals surface area contributed by atoms with Crippen LogP contribution in [0.4, 0.5) is 16.2 Å². The molecule has 0 spiro atoms. The Morgan fingerprint density at radius 1 is 1.07 bits per heavy atom. The molecule has 0 saturated carbocycles. The van der Waals surface area contributed by atoms with Crippen molar-refractivity contribution in [1.29, 1.82) is 0 Å². The van der Waals surface area contributed by atoms with E-state index in [9.17, 15) is 14.7 Å². The second kappa shape index (κ2) is 8.85. The van der Waals surface area contributed by atoms with Gasteiger partial charge in [0.2, 0.25) is 0 Å². The van der Waals surface area contributed by atoms with E-state index in [1.165, 1.54) is 6.20 Å². The zero-order valence-electron chi connectivity index (χ0n) is 15.4. The summed E-state index contributed by atoms with van der Waals surface area (Å²) in [7, 11) is 0. The number of urea groups is 1. The van der Waals surface area contributed by atoms with Gasteiger partial charge in [0.05, 0.1) is 6.61 Å². The molecule has 0 unspecified atom stereocenters. The largest absolute Gasteiger partial charge is 0.505 e. The van der Waals surface area contributed by atoms with Gasteiger partial charge in [-0.2, -0.15) is 0 Å². The predicted octanol–water partition coefficient (Wildman–Crippen LogP) is 4.54. The van der Waals surface area contributed by atoms with Gasteiger partial charge in [0, 0.05) is 28.3 Å². The van der Waals surface area contributed by atoms with Crippen molar-refractivity contribution in [3.8, 4) is 5.75 Å². The van der Waals surface area contributed by atoms with Crippen molar-refractivity contribution in [2.75, 3.05) is 17.2 Å². The Morgan fingerprint density at radius 3 is 2.57 bits per heavy atom. The summed E-state index contributed by atoms with van der Waals surface area (Å²) in [5.41, 5.74) is 1.08. The van der Waals surface area contributed by atoms with Crippen molar-refractivity contribution in [3.63, 3.8) is 0 Å². The molecular formula is C21H21N3O4. The Balaban J connectivity index is 1.74. The van der Waals surface area contributed by atoms with E-state index < -0.39 is 5.97 Å². The topological polar surface area (TPSA) is 101 Å².